The van der Waals surface area contributed by atoms with E-state index in [0.29, 0.717) is 11.4 Å². The molecule has 2 aliphatic rings. The quantitative estimate of drug-likeness (QED) is 0.631. The van der Waals surface area contributed by atoms with Crippen LogP contribution in [0, 0.1) is 0 Å². The summed E-state index contributed by atoms with van der Waals surface area (Å²) in [5.41, 5.74) is 4.09. The maximum Gasteiger partial charge on any atom is 0.228 e. The van der Waals surface area contributed by atoms with Crippen molar-refractivity contribution in [2.75, 3.05) is 31.5 Å². The molecule has 5 rings (SSSR count). The number of aromatic nitrogens is 1. The van der Waals surface area contributed by atoms with E-state index in [1.165, 1.54) is 10.1 Å². The van der Waals surface area contributed by atoms with Crippen LogP contribution in [-0.2, 0) is 17.6 Å². The lowest BCUT2D eigenvalue weighted by Gasteiger charge is -2.34. The number of hydrogen-bond acceptors (Lipinski definition) is 5. The fourth-order valence-electron chi connectivity index (χ4n) is 4.20. The van der Waals surface area contributed by atoms with Gasteiger partial charge in [-0.3, -0.25) is 9.69 Å². The molecule has 1 fully saturated rings. The van der Waals surface area contributed by atoms with Crippen LogP contribution in [0.25, 0.3) is 10.1 Å². The number of nitrogens with one attached hydrogen (secondary N) is 2. The number of piperazine rings is 1. The van der Waals surface area contributed by atoms with E-state index in [0.717, 1.165) is 55.1 Å². The Labute approximate surface area is 185 Å². The van der Waals surface area contributed by atoms with Crippen molar-refractivity contribution < 1.29 is 4.79 Å². The van der Waals surface area contributed by atoms with Gasteiger partial charge in [0.25, 0.3) is 0 Å². The number of amides is 1. The second-order valence-electron chi connectivity index (χ2n) is 7.40. The Morgan fingerprint density at radius 2 is 2.00 bits per heavy atom. The van der Waals surface area contributed by atoms with E-state index in [1.54, 1.807) is 11.5 Å². The summed E-state index contributed by atoms with van der Waals surface area (Å²) in [5, 5.41) is 8.25. The van der Waals surface area contributed by atoms with Gasteiger partial charge < -0.3 is 10.6 Å². The number of rotatable bonds is 4. The van der Waals surface area contributed by atoms with Gasteiger partial charge in [-0.15, -0.1) is 12.4 Å². The molecule has 1 atom stereocenters. The summed E-state index contributed by atoms with van der Waals surface area (Å²) in [7, 11) is 0. The van der Waals surface area contributed by atoms with Crippen LogP contribution in [0.15, 0.2) is 36.4 Å². The minimum Gasteiger partial charge on any atom is -0.325 e. The van der Waals surface area contributed by atoms with Gasteiger partial charge in [-0.25, -0.2) is 0 Å². The summed E-state index contributed by atoms with van der Waals surface area (Å²) in [4.78, 5) is 14.3. The summed E-state index contributed by atoms with van der Waals surface area (Å²) in [6.07, 6.45) is 1.21. The number of anilines is 1. The molecule has 152 valence electrons. The molecule has 2 N–H and O–H groups in total. The highest BCUT2D eigenvalue weighted by Gasteiger charge is 2.28. The monoisotopic (exact) mass is 448 g/mol. The number of benzene rings is 2. The predicted molar refractivity (Wildman–Crippen MR) is 122 cm³/mol. The lowest BCUT2D eigenvalue weighted by Crippen LogP contribution is -2.45. The van der Waals surface area contributed by atoms with Gasteiger partial charge in [0.15, 0.2) is 0 Å². The number of nitrogens with zero attached hydrogens (tertiary/aromatic N) is 2. The van der Waals surface area contributed by atoms with Crippen LogP contribution in [-0.4, -0.2) is 41.4 Å². The third-order valence-corrected chi connectivity index (χ3v) is 6.82. The van der Waals surface area contributed by atoms with Crippen LogP contribution in [0.5, 0.6) is 0 Å². The van der Waals surface area contributed by atoms with Gasteiger partial charge in [-0.2, -0.15) is 4.37 Å². The first kappa shape index (κ1) is 20.6. The number of halogens is 2. The van der Waals surface area contributed by atoms with E-state index in [-0.39, 0.29) is 24.4 Å². The van der Waals surface area contributed by atoms with Crippen LogP contribution in [0.3, 0.4) is 0 Å². The molecule has 3 heterocycles. The standard InChI is InChI=1S/C21H21ClN4OS.ClH/c22-16-12-17-14(11-20(27)24-17)9-13(16)10-18(26-7-5-23-6-8-26)21-15-3-1-2-4-19(15)28-25-21;/h1-4,9,12,18,23H,5-8,10-11H2,(H,24,27);1H. The Bertz CT molecular complexity index is 1050. The second kappa shape index (κ2) is 8.58. The van der Waals surface area contributed by atoms with E-state index < -0.39 is 0 Å². The number of hydrogen-bond donors (Lipinski definition) is 2. The predicted octanol–water partition coefficient (Wildman–Crippen LogP) is 4.06. The van der Waals surface area contributed by atoms with Crippen molar-refractivity contribution >= 4 is 57.2 Å². The fourth-order valence-corrected chi connectivity index (χ4v) is 5.27. The molecule has 1 unspecified atom stereocenters. The second-order valence-corrected chi connectivity index (χ2v) is 8.61. The summed E-state index contributed by atoms with van der Waals surface area (Å²) in [6.45, 7) is 3.93. The molecular weight excluding hydrogens is 427 g/mol. The van der Waals surface area contributed by atoms with Gasteiger partial charge in [-0.05, 0) is 41.2 Å². The van der Waals surface area contributed by atoms with Gasteiger partial charge in [0, 0.05) is 42.3 Å². The molecule has 0 aliphatic carbocycles. The molecule has 5 nitrogen and oxygen atoms in total. The van der Waals surface area contributed by atoms with E-state index in [9.17, 15) is 4.79 Å². The van der Waals surface area contributed by atoms with Gasteiger partial charge in [-0.1, -0.05) is 35.9 Å². The highest BCUT2D eigenvalue weighted by atomic mass is 35.5. The normalized spacial score (nSPS) is 17.6. The molecule has 0 spiro atoms. The number of carbonyl (C=O) groups is 1. The van der Waals surface area contributed by atoms with Gasteiger partial charge in [0.05, 0.1) is 22.9 Å². The third kappa shape index (κ3) is 4.00. The number of fused-ring (bicyclic) bond motifs is 2. The molecule has 0 radical (unpaired) electrons. The van der Waals surface area contributed by atoms with Crippen LogP contribution in [0.1, 0.15) is 22.9 Å². The Morgan fingerprint density at radius 1 is 1.21 bits per heavy atom. The zero-order valence-corrected chi connectivity index (χ0v) is 18.2. The van der Waals surface area contributed by atoms with E-state index in [2.05, 4.69) is 45.9 Å². The molecule has 8 heteroatoms. The van der Waals surface area contributed by atoms with E-state index >= 15 is 0 Å². The van der Waals surface area contributed by atoms with Crippen molar-refractivity contribution in [1.82, 2.24) is 14.6 Å². The zero-order chi connectivity index (χ0) is 19.1. The summed E-state index contributed by atoms with van der Waals surface area (Å²) in [6, 6.07) is 12.6. The Balaban J connectivity index is 0.00000205. The smallest absolute Gasteiger partial charge is 0.228 e. The van der Waals surface area contributed by atoms with E-state index in [1.807, 2.05) is 6.07 Å². The average Bonchev–Trinajstić information content (AvgIpc) is 3.29. The first-order chi connectivity index (χ1) is 13.7. The lowest BCUT2D eigenvalue weighted by atomic mass is 9.97. The number of carbonyl (C=O) groups excluding carboxylic acids is 1. The largest absolute Gasteiger partial charge is 0.325 e. The third-order valence-electron chi connectivity index (χ3n) is 5.62. The lowest BCUT2D eigenvalue weighted by molar-refractivity contribution is -0.115. The molecule has 1 saturated heterocycles. The Morgan fingerprint density at radius 3 is 2.83 bits per heavy atom. The molecule has 29 heavy (non-hydrogen) atoms. The maximum atomic E-state index is 11.7. The Hall–Kier alpha value is -1.70. The van der Waals surface area contributed by atoms with Crippen LogP contribution < -0.4 is 10.6 Å². The molecule has 1 amide bonds. The fraction of sp³-hybridized carbons (Fsp3) is 0.333. The molecule has 2 aliphatic heterocycles. The van der Waals surface area contributed by atoms with Crippen molar-refractivity contribution in [2.45, 2.75) is 18.9 Å². The van der Waals surface area contributed by atoms with Crippen molar-refractivity contribution in [3.05, 3.63) is 58.2 Å². The van der Waals surface area contributed by atoms with E-state index in [4.69, 9.17) is 16.0 Å². The summed E-state index contributed by atoms with van der Waals surface area (Å²) < 4.78 is 6.07. The SMILES string of the molecule is Cl.O=C1Cc2cc(CC(c3nsc4ccccc34)N3CCNCC3)c(Cl)cc2N1. The van der Waals surface area contributed by atoms with Crippen LogP contribution in [0.4, 0.5) is 5.69 Å². The van der Waals surface area contributed by atoms with Crippen LogP contribution in [0.2, 0.25) is 5.02 Å². The van der Waals surface area contributed by atoms with Gasteiger partial charge >= 0.3 is 0 Å². The minimum absolute atomic E-state index is 0. The molecule has 0 saturated carbocycles. The first-order valence-electron chi connectivity index (χ1n) is 9.59. The maximum absolute atomic E-state index is 11.7. The Kier molecular flexibility index (Phi) is 6.08. The van der Waals surface area contributed by atoms with Crippen molar-refractivity contribution in [1.29, 1.82) is 0 Å². The molecular formula is C21H22Cl2N4OS. The molecule has 1 aromatic heterocycles. The van der Waals surface area contributed by atoms with Crippen molar-refractivity contribution in [3.63, 3.8) is 0 Å². The molecule has 2 aromatic carbocycles. The van der Waals surface area contributed by atoms with Crippen molar-refractivity contribution in [2.24, 2.45) is 0 Å². The molecule has 3 aromatic rings. The average molecular weight is 449 g/mol. The van der Waals surface area contributed by atoms with Gasteiger partial charge in [0.2, 0.25) is 5.91 Å². The zero-order valence-electron chi connectivity index (χ0n) is 15.8. The first-order valence-corrected chi connectivity index (χ1v) is 10.7. The highest BCUT2D eigenvalue weighted by Crippen LogP contribution is 2.36. The van der Waals surface area contributed by atoms with Crippen LogP contribution >= 0.6 is 35.5 Å². The highest BCUT2D eigenvalue weighted by molar-refractivity contribution is 7.13. The van der Waals surface area contributed by atoms with Crippen molar-refractivity contribution in [3.8, 4) is 0 Å². The van der Waals surface area contributed by atoms with Gasteiger partial charge in [0.1, 0.15) is 0 Å². The summed E-state index contributed by atoms with van der Waals surface area (Å²) in [5.74, 6) is 0.0346. The summed E-state index contributed by atoms with van der Waals surface area (Å²) >= 11 is 8.18. The minimum atomic E-state index is 0. The molecule has 0 bridgehead atoms. The topological polar surface area (TPSA) is 57.3 Å².